The van der Waals surface area contributed by atoms with Crippen LogP contribution in [0.25, 0.3) is 0 Å². The molecule has 19 nitrogen and oxygen atoms in total. The Morgan fingerprint density at radius 3 is 1.18 bits per heavy atom. The number of hydrogen-bond acceptors (Lipinski definition) is 18. The van der Waals surface area contributed by atoms with Gasteiger partial charge in [-0.05, 0) is 38.5 Å². The number of amides is 1. The van der Waals surface area contributed by atoms with E-state index >= 15 is 0 Å². The van der Waals surface area contributed by atoms with Gasteiger partial charge in [0.25, 0.3) is 0 Å². The average Bonchev–Trinajstić information content (AvgIpc) is 3.60. The standard InChI is InChI=1S/C63H119NO18/c1-3-5-7-9-11-13-14-15-16-17-18-19-20-21-22-23-24-25-26-27-28-29-30-31-32-33-35-37-39-41-51(69)64-46(47(68)40-38-36-34-12-10-8-6-4-2)45-77-61-57(75)54(72)59(49(43-66)79-61)82-63-58(76)55(73)60(50(44-67)80-63)81-62-56(74)53(71)52(70)48(42-65)78-62/h17-18,46-50,52-63,65-68,70-76H,3-16,19-45H2,1-2H3,(H,64,69)/b18-17-. The highest BCUT2D eigenvalue weighted by Crippen LogP contribution is 2.33. The Bertz CT molecular complexity index is 1550. The Morgan fingerprint density at radius 2 is 0.768 bits per heavy atom. The molecule has 0 radical (unpaired) electrons. The highest BCUT2D eigenvalue weighted by atomic mass is 16.8. The molecule has 17 atom stereocenters. The fourth-order valence-electron chi connectivity index (χ4n) is 11.4. The summed E-state index contributed by atoms with van der Waals surface area (Å²) in [6.45, 7) is 1.76. The third-order valence-corrected chi connectivity index (χ3v) is 16.8. The van der Waals surface area contributed by atoms with Gasteiger partial charge < -0.3 is 89.9 Å². The van der Waals surface area contributed by atoms with E-state index in [9.17, 15) is 61.0 Å². The van der Waals surface area contributed by atoms with Gasteiger partial charge in [0.2, 0.25) is 5.91 Å². The molecule has 3 aliphatic heterocycles. The van der Waals surface area contributed by atoms with Gasteiger partial charge in [-0.3, -0.25) is 4.79 Å². The maximum absolute atomic E-state index is 13.3. The van der Waals surface area contributed by atoms with Gasteiger partial charge >= 0.3 is 0 Å². The van der Waals surface area contributed by atoms with E-state index in [4.69, 9.17) is 28.4 Å². The number of aliphatic hydroxyl groups excluding tert-OH is 11. The Hall–Kier alpha value is -1.47. The van der Waals surface area contributed by atoms with E-state index in [0.29, 0.717) is 12.8 Å². The van der Waals surface area contributed by atoms with Gasteiger partial charge in [0.15, 0.2) is 18.9 Å². The SMILES string of the molecule is CCCCCCCCCC/C=C\CCCCCCCCCCCCCCCCCCCC(=O)NC(COC1OC(CO)C(OC2OC(CO)C(OC3OC(CO)C(O)C(O)C3O)C(O)C2O)C(O)C1O)C(O)CCCCCCCCCC. The summed E-state index contributed by atoms with van der Waals surface area (Å²) in [5.41, 5.74) is 0. The summed E-state index contributed by atoms with van der Waals surface area (Å²) in [4.78, 5) is 13.3. The van der Waals surface area contributed by atoms with Gasteiger partial charge in [-0.15, -0.1) is 0 Å². The molecule has 0 aromatic rings. The predicted molar refractivity (Wildman–Crippen MR) is 314 cm³/mol. The number of hydrogen-bond donors (Lipinski definition) is 12. The van der Waals surface area contributed by atoms with E-state index in [2.05, 4.69) is 31.3 Å². The van der Waals surface area contributed by atoms with Crippen LogP contribution < -0.4 is 5.32 Å². The summed E-state index contributed by atoms with van der Waals surface area (Å²) in [5, 5.41) is 120. The third-order valence-electron chi connectivity index (χ3n) is 16.8. The lowest BCUT2D eigenvalue weighted by Gasteiger charge is -2.48. The first-order valence-electron chi connectivity index (χ1n) is 32.9. The number of aliphatic hydroxyl groups is 11. The van der Waals surface area contributed by atoms with Gasteiger partial charge in [0.1, 0.15) is 73.2 Å². The zero-order valence-electron chi connectivity index (χ0n) is 50.7. The van der Waals surface area contributed by atoms with Crippen molar-refractivity contribution in [2.45, 2.75) is 356 Å². The molecule has 0 aromatic carbocycles. The summed E-state index contributed by atoms with van der Waals surface area (Å²) in [6, 6.07) is -0.880. The van der Waals surface area contributed by atoms with Gasteiger partial charge in [0.05, 0.1) is 38.6 Å². The molecule has 82 heavy (non-hydrogen) atoms. The number of rotatable bonds is 50. The zero-order chi connectivity index (χ0) is 59.7. The predicted octanol–water partition coefficient (Wildman–Crippen LogP) is 7.33. The van der Waals surface area contributed by atoms with Crippen LogP contribution in [-0.4, -0.2) is 193 Å². The molecule has 0 spiro atoms. The number of ether oxygens (including phenoxy) is 6. The number of unbranched alkanes of at least 4 members (excludes halogenated alkanes) is 32. The van der Waals surface area contributed by atoms with Crippen molar-refractivity contribution in [3.05, 3.63) is 12.2 Å². The fourth-order valence-corrected chi connectivity index (χ4v) is 11.4. The van der Waals surface area contributed by atoms with Crippen molar-refractivity contribution in [1.29, 1.82) is 0 Å². The maximum atomic E-state index is 13.3. The molecule has 3 rings (SSSR count). The lowest BCUT2D eigenvalue weighted by Crippen LogP contribution is -2.66. The Morgan fingerprint density at radius 1 is 0.427 bits per heavy atom. The molecule has 3 heterocycles. The third kappa shape index (κ3) is 29.5. The molecule has 0 saturated carbocycles. The van der Waals surface area contributed by atoms with E-state index in [-0.39, 0.29) is 18.9 Å². The van der Waals surface area contributed by atoms with Crippen LogP contribution in [0.15, 0.2) is 12.2 Å². The zero-order valence-corrected chi connectivity index (χ0v) is 50.7. The molecule has 19 heteroatoms. The summed E-state index contributed by atoms with van der Waals surface area (Å²) in [6.07, 6.45) is 22.1. The highest BCUT2D eigenvalue weighted by molar-refractivity contribution is 5.76. The Labute approximate surface area is 493 Å². The lowest BCUT2D eigenvalue weighted by molar-refractivity contribution is -0.379. The number of carbonyl (C=O) groups excluding carboxylic acids is 1. The van der Waals surface area contributed by atoms with Gasteiger partial charge in [0, 0.05) is 6.42 Å². The highest BCUT2D eigenvalue weighted by Gasteiger charge is 2.53. The molecule has 0 bridgehead atoms. The van der Waals surface area contributed by atoms with Crippen LogP contribution in [0.1, 0.15) is 251 Å². The minimum Gasteiger partial charge on any atom is -0.394 e. The first-order chi connectivity index (χ1) is 39.8. The van der Waals surface area contributed by atoms with E-state index in [0.717, 1.165) is 44.9 Å². The van der Waals surface area contributed by atoms with Crippen molar-refractivity contribution in [3.8, 4) is 0 Å². The summed E-state index contributed by atoms with van der Waals surface area (Å²) in [7, 11) is 0. The second-order valence-electron chi connectivity index (χ2n) is 23.9. The lowest BCUT2D eigenvalue weighted by atomic mass is 9.96. The van der Waals surface area contributed by atoms with Crippen LogP contribution in [0.2, 0.25) is 0 Å². The molecule has 0 aliphatic carbocycles. The Kier molecular flexibility index (Phi) is 42.5. The normalized spacial score (nSPS) is 29.6. The molecule has 0 aromatic heterocycles. The maximum Gasteiger partial charge on any atom is 0.220 e. The molecule has 17 unspecified atom stereocenters. The monoisotopic (exact) mass is 1180 g/mol. The van der Waals surface area contributed by atoms with Crippen LogP contribution in [0.5, 0.6) is 0 Å². The number of nitrogens with one attached hydrogen (secondary N) is 1. The van der Waals surface area contributed by atoms with Crippen molar-refractivity contribution in [1.82, 2.24) is 5.32 Å². The minimum atomic E-state index is -1.97. The average molecular weight is 1180 g/mol. The molecule has 12 N–H and O–H groups in total. The molecule has 1 amide bonds. The van der Waals surface area contributed by atoms with Crippen LogP contribution in [0.3, 0.4) is 0 Å². The van der Waals surface area contributed by atoms with Crippen molar-refractivity contribution in [2.24, 2.45) is 0 Å². The second-order valence-corrected chi connectivity index (χ2v) is 23.9. The van der Waals surface area contributed by atoms with Crippen LogP contribution in [0, 0.1) is 0 Å². The van der Waals surface area contributed by atoms with Gasteiger partial charge in [-0.2, -0.15) is 0 Å². The van der Waals surface area contributed by atoms with Crippen LogP contribution in [0.4, 0.5) is 0 Å². The van der Waals surface area contributed by atoms with E-state index in [1.54, 1.807) is 0 Å². The van der Waals surface area contributed by atoms with E-state index in [1.807, 2.05) is 0 Å². The van der Waals surface area contributed by atoms with E-state index in [1.165, 1.54) is 173 Å². The smallest absolute Gasteiger partial charge is 0.220 e. The van der Waals surface area contributed by atoms with Crippen molar-refractivity contribution < 1.29 is 89.4 Å². The van der Waals surface area contributed by atoms with E-state index < -0.39 is 124 Å². The minimum absolute atomic E-state index is 0.242. The largest absolute Gasteiger partial charge is 0.394 e. The molecule has 3 fully saturated rings. The number of allylic oxidation sites excluding steroid dienone is 2. The van der Waals surface area contributed by atoms with Crippen molar-refractivity contribution in [2.75, 3.05) is 26.4 Å². The number of carbonyl (C=O) groups is 1. The summed E-state index contributed by atoms with van der Waals surface area (Å²) in [5.74, 6) is -0.242. The Balaban J connectivity index is 1.34. The molecular weight excluding hydrogens is 1060 g/mol. The first-order valence-corrected chi connectivity index (χ1v) is 32.9. The molecule has 484 valence electrons. The summed E-state index contributed by atoms with van der Waals surface area (Å²) < 4.78 is 34.3. The van der Waals surface area contributed by atoms with Crippen molar-refractivity contribution >= 4 is 5.91 Å². The fraction of sp³-hybridized carbons (Fsp3) is 0.952. The first kappa shape index (κ1) is 74.8. The molecule has 3 aliphatic rings. The van der Waals surface area contributed by atoms with Gasteiger partial charge in [-0.25, -0.2) is 0 Å². The quantitative estimate of drug-likeness (QED) is 0.0210. The van der Waals surface area contributed by atoms with Crippen LogP contribution in [-0.2, 0) is 33.2 Å². The van der Waals surface area contributed by atoms with Gasteiger partial charge in [-0.1, -0.05) is 219 Å². The second kappa shape index (κ2) is 46.7. The topological polar surface area (TPSA) is 307 Å². The summed E-state index contributed by atoms with van der Waals surface area (Å²) >= 11 is 0. The molecular formula is C63H119NO18. The van der Waals surface area contributed by atoms with Crippen molar-refractivity contribution in [3.63, 3.8) is 0 Å². The van der Waals surface area contributed by atoms with Crippen LogP contribution >= 0.6 is 0 Å². The molecule has 3 saturated heterocycles.